The SMILES string of the molecule is CCC1CN(C)CCCN1C(=O)c1c(N)cnn1CC. The van der Waals surface area contributed by atoms with E-state index in [2.05, 4.69) is 24.0 Å². The third-order valence-electron chi connectivity index (χ3n) is 4.00. The van der Waals surface area contributed by atoms with Gasteiger partial charge >= 0.3 is 0 Å². The van der Waals surface area contributed by atoms with E-state index in [4.69, 9.17) is 5.73 Å². The van der Waals surface area contributed by atoms with E-state index in [1.165, 1.54) is 0 Å². The van der Waals surface area contributed by atoms with Crippen molar-refractivity contribution in [2.45, 2.75) is 39.3 Å². The van der Waals surface area contributed by atoms with E-state index in [1.807, 2.05) is 11.8 Å². The van der Waals surface area contributed by atoms with E-state index in [1.54, 1.807) is 10.9 Å². The number of aryl methyl sites for hydroxylation is 1. The summed E-state index contributed by atoms with van der Waals surface area (Å²) in [5.74, 6) is 0.0176. The molecule has 1 atom stereocenters. The highest BCUT2D eigenvalue weighted by atomic mass is 16.2. The van der Waals surface area contributed by atoms with Crippen LogP contribution in [0.3, 0.4) is 0 Å². The van der Waals surface area contributed by atoms with Gasteiger partial charge in [-0.1, -0.05) is 6.92 Å². The first-order chi connectivity index (χ1) is 9.58. The molecule has 2 rings (SSSR count). The number of nitrogen functional groups attached to an aromatic ring is 1. The fourth-order valence-electron chi connectivity index (χ4n) is 2.87. The third kappa shape index (κ3) is 2.80. The minimum atomic E-state index is 0.0176. The second-order valence-electron chi connectivity index (χ2n) is 5.44. The Bertz CT molecular complexity index is 470. The predicted molar refractivity (Wildman–Crippen MR) is 79.5 cm³/mol. The number of carbonyl (C=O) groups excluding carboxylic acids is 1. The highest BCUT2D eigenvalue weighted by molar-refractivity contribution is 5.97. The molecule has 1 saturated heterocycles. The van der Waals surface area contributed by atoms with Gasteiger partial charge in [-0.25, -0.2) is 0 Å². The van der Waals surface area contributed by atoms with Gasteiger partial charge in [-0.3, -0.25) is 9.48 Å². The Morgan fingerprint density at radius 3 is 2.85 bits per heavy atom. The number of nitrogens with two attached hydrogens (primary N) is 1. The van der Waals surface area contributed by atoms with Crippen LogP contribution in [0, 0.1) is 0 Å². The fraction of sp³-hybridized carbons (Fsp3) is 0.714. The molecule has 0 spiro atoms. The average Bonchev–Trinajstić information content (AvgIpc) is 2.70. The number of rotatable bonds is 3. The largest absolute Gasteiger partial charge is 0.396 e. The lowest BCUT2D eigenvalue weighted by atomic mass is 10.1. The van der Waals surface area contributed by atoms with Gasteiger partial charge in [0.05, 0.1) is 11.9 Å². The second kappa shape index (κ2) is 6.26. The lowest BCUT2D eigenvalue weighted by Crippen LogP contribution is -2.44. The molecular formula is C14H25N5O. The molecule has 1 aliphatic heterocycles. The summed E-state index contributed by atoms with van der Waals surface area (Å²) in [5, 5.41) is 4.17. The van der Waals surface area contributed by atoms with Crippen LogP contribution in [0.5, 0.6) is 0 Å². The number of hydrogen-bond acceptors (Lipinski definition) is 4. The Labute approximate surface area is 120 Å². The van der Waals surface area contributed by atoms with E-state index in [0.29, 0.717) is 17.9 Å². The van der Waals surface area contributed by atoms with Gasteiger partial charge in [-0.05, 0) is 33.4 Å². The van der Waals surface area contributed by atoms with Crippen molar-refractivity contribution in [2.24, 2.45) is 0 Å². The zero-order valence-electron chi connectivity index (χ0n) is 12.7. The van der Waals surface area contributed by atoms with Crippen LogP contribution in [0.4, 0.5) is 5.69 Å². The van der Waals surface area contributed by atoms with Gasteiger partial charge in [0.2, 0.25) is 0 Å². The fourth-order valence-corrected chi connectivity index (χ4v) is 2.87. The molecule has 1 amide bonds. The molecule has 2 heterocycles. The summed E-state index contributed by atoms with van der Waals surface area (Å²) in [4.78, 5) is 17.1. The molecule has 0 radical (unpaired) electrons. The Morgan fingerprint density at radius 1 is 1.45 bits per heavy atom. The van der Waals surface area contributed by atoms with Crippen molar-refractivity contribution in [3.05, 3.63) is 11.9 Å². The van der Waals surface area contributed by atoms with Crippen LogP contribution in [0.15, 0.2) is 6.20 Å². The molecule has 1 aliphatic rings. The van der Waals surface area contributed by atoms with Gasteiger partial charge < -0.3 is 15.5 Å². The molecule has 0 bridgehead atoms. The molecule has 1 aromatic heterocycles. The van der Waals surface area contributed by atoms with Crippen LogP contribution < -0.4 is 5.73 Å². The molecule has 0 saturated carbocycles. The van der Waals surface area contributed by atoms with Crippen LogP contribution in [-0.2, 0) is 6.54 Å². The van der Waals surface area contributed by atoms with Crippen molar-refractivity contribution in [2.75, 3.05) is 32.4 Å². The van der Waals surface area contributed by atoms with Crippen molar-refractivity contribution < 1.29 is 4.79 Å². The molecule has 20 heavy (non-hydrogen) atoms. The Morgan fingerprint density at radius 2 is 2.20 bits per heavy atom. The monoisotopic (exact) mass is 279 g/mol. The zero-order chi connectivity index (χ0) is 14.7. The smallest absolute Gasteiger partial charge is 0.274 e. The first-order valence-corrected chi connectivity index (χ1v) is 7.39. The van der Waals surface area contributed by atoms with Gasteiger partial charge in [-0.2, -0.15) is 5.10 Å². The lowest BCUT2D eigenvalue weighted by molar-refractivity contribution is 0.0664. The number of hydrogen-bond donors (Lipinski definition) is 1. The first kappa shape index (κ1) is 14.8. The maximum atomic E-state index is 12.9. The molecule has 1 fully saturated rings. The number of likely N-dealkylation sites (N-methyl/N-ethyl adjacent to an activating group) is 1. The summed E-state index contributed by atoms with van der Waals surface area (Å²) in [7, 11) is 2.11. The van der Waals surface area contributed by atoms with E-state index in [0.717, 1.165) is 32.5 Å². The van der Waals surface area contributed by atoms with E-state index in [9.17, 15) is 4.79 Å². The van der Waals surface area contributed by atoms with Gasteiger partial charge in [0.25, 0.3) is 5.91 Å². The van der Waals surface area contributed by atoms with E-state index >= 15 is 0 Å². The van der Waals surface area contributed by atoms with Crippen LogP contribution in [0.25, 0.3) is 0 Å². The minimum absolute atomic E-state index is 0.0176. The van der Waals surface area contributed by atoms with Gasteiger partial charge in [0.15, 0.2) is 0 Å². The molecular weight excluding hydrogens is 254 g/mol. The lowest BCUT2D eigenvalue weighted by Gasteiger charge is -2.30. The highest BCUT2D eigenvalue weighted by Gasteiger charge is 2.29. The van der Waals surface area contributed by atoms with Crippen LogP contribution in [-0.4, -0.2) is 58.2 Å². The number of nitrogens with zero attached hydrogens (tertiary/aromatic N) is 4. The Hall–Kier alpha value is -1.56. The average molecular weight is 279 g/mol. The van der Waals surface area contributed by atoms with Crippen molar-refractivity contribution >= 4 is 11.6 Å². The van der Waals surface area contributed by atoms with E-state index in [-0.39, 0.29) is 11.9 Å². The normalized spacial score (nSPS) is 20.9. The van der Waals surface area contributed by atoms with Crippen molar-refractivity contribution in [3.63, 3.8) is 0 Å². The summed E-state index contributed by atoms with van der Waals surface area (Å²) in [6, 6.07) is 0.245. The number of anilines is 1. The quantitative estimate of drug-likeness (QED) is 0.898. The first-order valence-electron chi connectivity index (χ1n) is 7.39. The number of aromatic nitrogens is 2. The Kier molecular flexibility index (Phi) is 4.65. The predicted octanol–water partition coefficient (Wildman–Crippen LogP) is 1.04. The maximum Gasteiger partial charge on any atom is 0.274 e. The van der Waals surface area contributed by atoms with Crippen LogP contribution in [0.2, 0.25) is 0 Å². The Balaban J connectivity index is 2.28. The number of amides is 1. The summed E-state index contributed by atoms with van der Waals surface area (Å²) in [6.45, 7) is 7.49. The third-order valence-corrected chi connectivity index (χ3v) is 4.00. The summed E-state index contributed by atoms with van der Waals surface area (Å²) >= 11 is 0. The van der Waals surface area contributed by atoms with Gasteiger partial charge in [-0.15, -0.1) is 0 Å². The summed E-state index contributed by atoms with van der Waals surface area (Å²) in [5.41, 5.74) is 6.95. The van der Waals surface area contributed by atoms with E-state index < -0.39 is 0 Å². The van der Waals surface area contributed by atoms with Crippen LogP contribution >= 0.6 is 0 Å². The van der Waals surface area contributed by atoms with Gasteiger partial charge in [0.1, 0.15) is 5.69 Å². The summed E-state index contributed by atoms with van der Waals surface area (Å²) < 4.78 is 1.69. The number of carbonyl (C=O) groups is 1. The van der Waals surface area contributed by atoms with Crippen molar-refractivity contribution in [3.8, 4) is 0 Å². The molecule has 1 unspecified atom stereocenters. The van der Waals surface area contributed by atoms with Gasteiger partial charge in [0, 0.05) is 25.7 Å². The maximum absolute atomic E-state index is 12.9. The second-order valence-corrected chi connectivity index (χ2v) is 5.44. The molecule has 2 N–H and O–H groups in total. The standard InChI is InChI=1S/C14H25N5O/c1-4-11-10-17(3)7-6-8-18(11)14(20)13-12(15)9-16-19(13)5-2/h9,11H,4-8,10,15H2,1-3H3. The molecule has 6 heteroatoms. The molecule has 1 aromatic rings. The highest BCUT2D eigenvalue weighted by Crippen LogP contribution is 2.19. The van der Waals surface area contributed by atoms with Crippen molar-refractivity contribution in [1.82, 2.24) is 19.6 Å². The molecule has 6 nitrogen and oxygen atoms in total. The summed E-state index contributed by atoms with van der Waals surface area (Å²) in [6.07, 6.45) is 3.52. The van der Waals surface area contributed by atoms with Crippen LogP contribution in [0.1, 0.15) is 37.2 Å². The van der Waals surface area contributed by atoms with Crippen molar-refractivity contribution in [1.29, 1.82) is 0 Å². The molecule has 0 aromatic carbocycles. The zero-order valence-corrected chi connectivity index (χ0v) is 12.7. The molecule has 112 valence electrons. The minimum Gasteiger partial charge on any atom is -0.396 e. The molecule has 0 aliphatic carbocycles. The topological polar surface area (TPSA) is 67.4 Å².